The molecule has 5 nitrogen and oxygen atoms in total. The fourth-order valence-electron chi connectivity index (χ4n) is 2.45. The Morgan fingerprint density at radius 1 is 1.53 bits per heavy atom. The molecule has 0 spiro atoms. The highest BCUT2D eigenvalue weighted by Gasteiger charge is 2.29. The quantitative estimate of drug-likeness (QED) is 0.850. The van der Waals surface area contributed by atoms with Crippen LogP contribution in [0.15, 0.2) is 12.1 Å². The second-order valence-corrected chi connectivity index (χ2v) is 5.69. The molecule has 1 aromatic heterocycles. The molecule has 1 amide bonds. The number of carbonyl (C=O) groups excluding carboxylic acids is 1. The summed E-state index contributed by atoms with van der Waals surface area (Å²) < 4.78 is 5.64. The van der Waals surface area contributed by atoms with Crippen LogP contribution in [-0.4, -0.2) is 29.1 Å². The minimum atomic E-state index is -0.177. The van der Waals surface area contributed by atoms with Gasteiger partial charge in [-0.25, -0.2) is 4.98 Å². The van der Waals surface area contributed by atoms with Crippen molar-refractivity contribution in [1.82, 2.24) is 10.3 Å². The van der Waals surface area contributed by atoms with Crippen molar-refractivity contribution >= 4 is 11.7 Å². The first-order chi connectivity index (χ1) is 8.85. The number of nitrogens with zero attached hydrogens (tertiary/aromatic N) is 1. The van der Waals surface area contributed by atoms with Crippen LogP contribution in [0.2, 0.25) is 0 Å². The summed E-state index contributed by atoms with van der Waals surface area (Å²) in [5.41, 5.74) is 6.80. The molecule has 0 saturated carbocycles. The summed E-state index contributed by atoms with van der Waals surface area (Å²) in [5, 5.41) is 3.04. The van der Waals surface area contributed by atoms with Crippen LogP contribution in [0.25, 0.3) is 0 Å². The molecule has 1 fully saturated rings. The molecule has 0 bridgehead atoms. The summed E-state index contributed by atoms with van der Waals surface area (Å²) in [6.45, 7) is 6.58. The Morgan fingerprint density at radius 3 is 2.89 bits per heavy atom. The third kappa shape index (κ3) is 3.67. The number of nitrogens with two attached hydrogens (primary N) is 1. The fourth-order valence-corrected chi connectivity index (χ4v) is 2.45. The van der Waals surface area contributed by atoms with E-state index in [1.165, 1.54) is 0 Å². The van der Waals surface area contributed by atoms with Crippen molar-refractivity contribution in [2.75, 3.05) is 12.3 Å². The zero-order valence-corrected chi connectivity index (χ0v) is 11.7. The molecule has 3 N–H and O–H groups in total. The van der Waals surface area contributed by atoms with Crippen molar-refractivity contribution in [3.05, 3.63) is 23.4 Å². The fraction of sp³-hybridized carbons (Fsp3) is 0.571. The number of hydrogen-bond acceptors (Lipinski definition) is 4. The number of aryl methyl sites for hydroxylation is 1. The van der Waals surface area contributed by atoms with Gasteiger partial charge in [-0.2, -0.15) is 0 Å². The van der Waals surface area contributed by atoms with Gasteiger partial charge in [0.25, 0.3) is 5.91 Å². The number of anilines is 1. The number of rotatable bonds is 2. The second kappa shape index (κ2) is 5.17. The number of ether oxygens (including phenoxy) is 1. The van der Waals surface area contributed by atoms with Gasteiger partial charge in [0.1, 0.15) is 5.82 Å². The lowest BCUT2D eigenvalue weighted by molar-refractivity contribution is -0.0615. The van der Waals surface area contributed by atoms with Gasteiger partial charge in [-0.3, -0.25) is 4.79 Å². The van der Waals surface area contributed by atoms with Gasteiger partial charge in [0.05, 0.1) is 5.60 Å². The summed E-state index contributed by atoms with van der Waals surface area (Å²) in [6.07, 6.45) is 1.66. The van der Waals surface area contributed by atoms with Crippen molar-refractivity contribution in [2.24, 2.45) is 0 Å². The summed E-state index contributed by atoms with van der Waals surface area (Å²) in [4.78, 5) is 16.3. The smallest absolute Gasteiger partial charge is 0.251 e. The molecule has 1 aliphatic rings. The normalized spacial score (nSPS) is 21.9. The number of amides is 1. The highest BCUT2D eigenvalue weighted by Crippen LogP contribution is 2.24. The average molecular weight is 263 g/mol. The second-order valence-electron chi connectivity index (χ2n) is 5.69. The maximum atomic E-state index is 12.2. The van der Waals surface area contributed by atoms with E-state index in [2.05, 4.69) is 10.3 Å². The SMILES string of the molecule is Cc1cc(C(=O)NC2CCOC(C)(C)C2)cc(N)n1. The number of pyridine rings is 1. The van der Waals surface area contributed by atoms with E-state index in [9.17, 15) is 4.79 Å². The van der Waals surface area contributed by atoms with E-state index < -0.39 is 0 Å². The van der Waals surface area contributed by atoms with Crippen molar-refractivity contribution in [2.45, 2.75) is 45.3 Å². The molecule has 0 aliphatic carbocycles. The maximum Gasteiger partial charge on any atom is 0.251 e. The molecular formula is C14H21N3O2. The molecule has 19 heavy (non-hydrogen) atoms. The Labute approximate surface area is 113 Å². The highest BCUT2D eigenvalue weighted by atomic mass is 16.5. The minimum Gasteiger partial charge on any atom is -0.384 e. The molecule has 1 unspecified atom stereocenters. The van der Waals surface area contributed by atoms with E-state index in [4.69, 9.17) is 10.5 Å². The van der Waals surface area contributed by atoms with Crippen LogP contribution < -0.4 is 11.1 Å². The maximum absolute atomic E-state index is 12.2. The van der Waals surface area contributed by atoms with Gasteiger partial charge in [0.15, 0.2) is 0 Å². The third-order valence-electron chi connectivity index (χ3n) is 3.27. The molecular weight excluding hydrogens is 242 g/mol. The van der Waals surface area contributed by atoms with Gasteiger partial charge >= 0.3 is 0 Å². The lowest BCUT2D eigenvalue weighted by Crippen LogP contribution is -2.45. The van der Waals surface area contributed by atoms with Gasteiger partial charge in [-0.1, -0.05) is 0 Å². The van der Waals surface area contributed by atoms with E-state index in [1.54, 1.807) is 12.1 Å². The Kier molecular flexibility index (Phi) is 3.75. The Bertz CT molecular complexity index is 465. The van der Waals surface area contributed by atoms with Crippen molar-refractivity contribution in [1.29, 1.82) is 0 Å². The molecule has 1 saturated heterocycles. The van der Waals surface area contributed by atoms with E-state index in [0.717, 1.165) is 18.5 Å². The summed E-state index contributed by atoms with van der Waals surface area (Å²) in [6, 6.07) is 3.49. The Hall–Kier alpha value is -1.62. The van der Waals surface area contributed by atoms with Crippen molar-refractivity contribution in [3.63, 3.8) is 0 Å². The van der Waals surface area contributed by atoms with Crippen molar-refractivity contribution < 1.29 is 9.53 Å². The number of nitrogens with one attached hydrogen (secondary N) is 1. The van der Waals surface area contributed by atoms with E-state index in [0.29, 0.717) is 18.0 Å². The van der Waals surface area contributed by atoms with Crippen LogP contribution in [0.4, 0.5) is 5.82 Å². The monoisotopic (exact) mass is 263 g/mol. The Morgan fingerprint density at radius 2 is 2.26 bits per heavy atom. The molecule has 5 heteroatoms. The number of carbonyl (C=O) groups is 1. The van der Waals surface area contributed by atoms with E-state index in [-0.39, 0.29) is 17.6 Å². The predicted molar refractivity (Wildman–Crippen MR) is 73.9 cm³/mol. The third-order valence-corrected chi connectivity index (χ3v) is 3.27. The minimum absolute atomic E-state index is 0.0973. The molecule has 1 aliphatic heterocycles. The first kappa shape index (κ1) is 13.8. The zero-order valence-electron chi connectivity index (χ0n) is 11.7. The van der Waals surface area contributed by atoms with Crippen molar-refractivity contribution in [3.8, 4) is 0 Å². The van der Waals surface area contributed by atoms with Gasteiger partial charge in [-0.05, 0) is 45.7 Å². The number of nitrogen functional groups attached to an aromatic ring is 1. The topological polar surface area (TPSA) is 77.2 Å². The average Bonchev–Trinajstić information content (AvgIpc) is 2.26. The Balaban J connectivity index is 2.04. The van der Waals surface area contributed by atoms with Crippen LogP contribution in [0.3, 0.4) is 0 Å². The summed E-state index contributed by atoms with van der Waals surface area (Å²) in [5.74, 6) is 0.275. The molecule has 2 heterocycles. The molecule has 0 aromatic carbocycles. The van der Waals surface area contributed by atoms with Crippen LogP contribution >= 0.6 is 0 Å². The lowest BCUT2D eigenvalue weighted by Gasteiger charge is -2.35. The van der Waals surface area contributed by atoms with Gasteiger partial charge in [0.2, 0.25) is 0 Å². The lowest BCUT2D eigenvalue weighted by atomic mass is 9.94. The molecule has 104 valence electrons. The van der Waals surface area contributed by atoms with Crippen LogP contribution in [-0.2, 0) is 4.74 Å². The molecule has 1 atom stereocenters. The molecule has 2 rings (SSSR count). The van der Waals surface area contributed by atoms with Crippen LogP contribution in [0, 0.1) is 6.92 Å². The highest BCUT2D eigenvalue weighted by molar-refractivity contribution is 5.95. The van der Waals surface area contributed by atoms with E-state index >= 15 is 0 Å². The summed E-state index contributed by atoms with van der Waals surface area (Å²) in [7, 11) is 0. The van der Waals surface area contributed by atoms with Gasteiger partial charge < -0.3 is 15.8 Å². The molecule has 1 aromatic rings. The predicted octanol–water partition coefficient (Wildman–Crippen LogP) is 1.66. The number of hydrogen-bond donors (Lipinski definition) is 2. The largest absolute Gasteiger partial charge is 0.384 e. The summed E-state index contributed by atoms with van der Waals surface area (Å²) >= 11 is 0. The van der Waals surface area contributed by atoms with Crippen LogP contribution in [0.5, 0.6) is 0 Å². The number of aromatic nitrogens is 1. The zero-order chi connectivity index (χ0) is 14.0. The van der Waals surface area contributed by atoms with Gasteiger partial charge in [0, 0.05) is 23.9 Å². The molecule has 0 radical (unpaired) electrons. The standard InChI is InChI=1S/C14H21N3O2/c1-9-6-10(7-12(15)16-9)13(18)17-11-4-5-19-14(2,3)8-11/h6-7,11H,4-5,8H2,1-3H3,(H2,15,16)(H,17,18). The van der Waals surface area contributed by atoms with Crippen LogP contribution in [0.1, 0.15) is 42.7 Å². The van der Waals surface area contributed by atoms with E-state index in [1.807, 2.05) is 20.8 Å². The first-order valence-electron chi connectivity index (χ1n) is 6.55. The van der Waals surface area contributed by atoms with Gasteiger partial charge in [-0.15, -0.1) is 0 Å². The first-order valence-corrected chi connectivity index (χ1v) is 6.55.